The van der Waals surface area contributed by atoms with Crippen molar-refractivity contribution in [2.24, 2.45) is 0 Å². The summed E-state index contributed by atoms with van der Waals surface area (Å²) in [6.07, 6.45) is 3.84. The van der Waals surface area contributed by atoms with Crippen LogP contribution < -0.4 is 0 Å². The van der Waals surface area contributed by atoms with Gasteiger partial charge in [-0.3, -0.25) is 0 Å². The Balaban J connectivity index is 0.000000166. The molecular weight excluding hydrogens is 2080 g/mol. The van der Waals surface area contributed by atoms with E-state index in [1.807, 2.05) is 48.8 Å². The predicted octanol–water partition coefficient (Wildman–Crippen LogP) is 33.8. The molecule has 8 nitrogen and oxygen atoms in total. The fourth-order valence-electron chi connectivity index (χ4n) is 18.4. The molecule has 0 saturated heterocycles. The van der Waals surface area contributed by atoms with Gasteiger partial charge in [0.05, 0.1) is 0 Å². The van der Waals surface area contributed by atoms with Gasteiger partial charge in [0.25, 0.3) is 0 Å². The third-order valence-electron chi connectivity index (χ3n) is 25.6. The number of hydrogen-bond acceptors (Lipinski definition) is 8. The van der Waals surface area contributed by atoms with Crippen LogP contribution in [0.4, 0.5) is 0 Å². The summed E-state index contributed by atoms with van der Waals surface area (Å²) in [6.45, 7) is 0. The summed E-state index contributed by atoms with van der Waals surface area (Å²) < 4.78 is 0. The van der Waals surface area contributed by atoms with Crippen LogP contribution in [0.5, 0.6) is 0 Å². The maximum atomic E-state index is 5.30. The van der Waals surface area contributed by atoms with Crippen LogP contribution in [-0.2, 0) is 40.2 Å². The van der Waals surface area contributed by atoms with E-state index in [0.717, 1.165) is 211 Å². The topological polar surface area (TPSA) is 103 Å². The van der Waals surface area contributed by atoms with Gasteiger partial charge in [-0.05, 0) is 264 Å². The Labute approximate surface area is 853 Å². The smallest absolute Gasteiger partial charge is 0.164 e. The first-order chi connectivity index (χ1) is 69.3. The monoisotopic (exact) mass is 2170 g/mol. The van der Waals surface area contributed by atoms with E-state index >= 15 is 0 Å². The maximum Gasteiger partial charge on any atom is 0.164 e. The van der Waals surface area contributed by atoms with Crippen LogP contribution >= 0.6 is 0 Å². The molecule has 0 aliphatic carbocycles. The van der Waals surface area contributed by atoms with E-state index < -0.39 is 0 Å². The third kappa shape index (κ3) is 20.3. The molecule has 0 fully saturated rings. The Morgan fingerprint density at radius 3 is 0.500 bits per heavy atom. The molecule has 2 radical (unpaired) electrons. The number of pyridine rings is 2. The summed E-state index contributed by atoms with van der Waals surface area (Å²) in [5.74, 6) is 3.41. The molecule has 0 unspecified atom stereocenters. The fourth-order valence-corrected chi connectivity index (χ4v) is 18.4. The van der Waals surface area contributed by atoms with Crippen LogP contribution in [0.25, 0.3) is 246 Å². The van der Waals surface area contributed by atoms with Crippen molar-refractivity contribution in [2.45, 2.75) is 0 Å². The summed E-state index contributed by atoms with van der Waals surface area (Å²) in [4.78, 5) is 41.3. The molecule has 4 aromatic heterocycles. The molecule has 0 amide bonds. The number of fused-ring (bicyclic) bond motifs is 2. The molecule has 0 atom stereocenters. The number of rotatable bonds is 20. The molecular formula is C132H86Ir2N8-2. The number of hydrogen-bond donors (Lipinski definition) is 0. The minimum absolute atomic E-state index is 0. The van der Waals surface area contributed by atoms with Crippen molar-refractivity contribution >= 4 is 21.5 Å². The van der Waals surface area contributed by atoms with Crippen molar-refractivity contribution < 1.29 is 40.2 Å². The number of benzene rings is 20. The minimum Gasteiger partial charge on any atom is -0.304 e. The molecule has 0 N–H and O–H groups in total. The standard InChI is InChI=1S/2C66H43N4.2Ir/c2*1-5-18-45(19-6-1)57-37-58(46-20-7-2-8-21-46)40-61(39-57)49-28-15-31-53(34-49)64-68-65(70-66(69-64)55-33-17-30-52(36-55)63-43-51-26-13-14-27-56(51)44-67-63)54-32-16-29-50(35-54)62-41-59(47-22-9-3-10-23-47)38-60(42-62)48-24-11-4-12-25-48;;/h2*1-29,31-44H;;/q2*-1;;. The molecule has 142 heavy (non-hydrogen) atoms. The first kappa shape index (κ1) is 91.0. The van der Waals surface area contributed by atoms with Gasteiger partial charge < -0.3 is 9.97 Å². The second-order valence-corrected chi connectivity index (χ2v) is 34.9. The molecule has 4 heterocycles. The van der Waals surface area contributed by atoms with E-state index in [1.54, 1.807) is 0 Å². The summed E-state index contributed by atoms with van der Waals surface area (Å²) in [6, 6.07) is 186. The molecule has 10 heteroatoms. The summed E-state index contributed by atoms with van der Waals surface area (Å²) >= 11 is 0. The summed E-state index contributed by atoms with van der Waals surface area (Å²) in [5.41, 5.74) is 35.7. The zero-order chi connectivity index (χ0) is 93.3. The van der Waals surface area contributed by atoms with Crippen LogP contribution in [0.2, 0.25) is 0 Å². The van der Waals surface area contributed by atoms with E-state index in [-0.39, 0.29) is 40.2 Å². The number of nitrogens with zero attached hydrogens (tertiary/aromatic N) is 8. The molecule has 0 saturated carbocycles. The Kier molecular flexibility index (Phi) is 26.8. The van der Waals surface area contributed by atoms with Crippen LogP contribution in [0.15, 0.2) is 522 Å². The molecule has 0 aliphatic rings. The van der Waals surface area contributed by atoms with Crippen molar-refractivity contribution in [2.75, 3.05) is 0 Å². The summed E-state index contributed by atoms with van der Waals surface area (Å²) in [5, 5.41) is 4.41. The van der Waals surface area contributed by atoms with Gasteiger partial charge in [0.1, 0.15) is 11.6 Å². The molecule has 24 rings (SSSR count). The van der Waals surface area contributed by atoms with E-state index in [1.165, 1.54) is 0 Å². The van der Waals surface area contributed by atoms with E-state index in [4.69, 9.17) is 39.9 Å². The van der Waals surface area contributed by atoms with Gasteiger partial charge >= 0.3 is 0 Å². The first-order valence-electron chi connectivity index (χ1n) is 47.0. The zero-order valence-electron chi connectivity index (χ0n) is 76.9. The fraction of sp³-hybridized carbons (Fsp3) is 0. The van der Waals surface area contributed by atoms with Crippen molar-refractivity contribution in [3.63, 3.8) is 0 Å². The maximum absolute atomic E-state index is 5.30. The Hall–Kier alpha value is -17.5. The first-order valence-corrected chi connectivity index (χ1v) is 47.0. The van der Waals surface area contributed by atoms with Crippen LogP contribution in [0, 0.1) is 12.1 Å². The van der Waals surface area contributed by atoms with Crippen LogP contribution in [0.3, 0.4) is 0 Å². The Morgan fingerprint density at radius 1 is 0.127 bits per heavy atom. The number of aromatic nitrogens is 8. The molecule has 24 aromatic rings. The normalized spacial score (nSPS) is 11.0. The van der Waals surface area contributed by atoms with Gasteiger partial charge in [0.2, 0.25) is 0 Å². The average molecular weight is 2170 g/mol. The van der Waals surface area contributed by atoms with Crippen LogP contribution in [-0.4, -0.2) is 39.9 Å². The van der Waals surface area contributed by atoms with Crippen LogP contribution in [0.1, 0.15) is 0 Å². The van der Waals surface area contributed by atoms with E-state index in [2.05, 4.69) is 485 Å². The second-order valence-electron chi connectivity index (χ2n) is 34.9. The third-order valence-corrected chi connectivity index (χ3v) is 25.6. The quantitative estimate of drug-likeness (QED) is 0.0695. The minimum atomic E-state index is 0. The van der Waals surface area contributed by atoms with Gasteiger partial charge in [0, 0.05) is 74.9 Å². The Morgan fingerprint density at radius 2 is 0.289 bits per heavy atom. The summed E-state index contributed by atoms with van der Waals surface area (Å²) in [7, 11) is 0. The van der Waals surface area contributed by atoms with Gasteiger partial charge in [-0.2, -0.15) is 0 Å². The molecule has 0 bridgehead atoms. The second kappa shape index (κ2) is 41.8. The van der Waals surface area contributed by atoms with Crippen molar-refractivity contribution in [3.8, 4) is 224 Å². The molecule has 0 aliphatic heterocycles. The molecule has 674 valence electrons. The largest absolute Gasteiger partial charge is 0.304 e. The van der Waals surface area contributed by atoms with Gasteiger partial charge in [-0.25, -0.2) is 29.9 Å². The molecule has 20 aromatic carbocycles. The van der Waals surface area contributed by atoms with Gasteiger partial charge in [-0.15, -0.1) is 59.7 Å². The molecule has 0 spiro atoms. The van der Waals surface area contributed by atoms with Gasteiger partial charge in [0.15, 0.2) is 23.3 Å². The average Bonchev–Trinajstić information content (AvgIpc) is 0.783. The van der Waals surface area contributed by atoms with Crippen molar-refractivity contribution in [1.82, 2.24) is 39.9 Å². The van der Waals surface area contributed by atoms with Crippen molar-refractivity contribution in [3.05, 3.63) is 534 Å². The zero-order valence-corrected chi connectivity index (χ0v) is 81.7. The van der Waals surface area contributed by atoms with E-state index in [0.29, 0.717) is 34.9 Å². The van der Waals surface area contributed by atoms with E-state index in [9.17, 15) is 0 Å². The van der Waals surface area contributed by atoms with Crippen molar-refractivity contribution in [1.29, 1.82) is 0 Å². The Bertz CT molecular complexity index is 7540. The predicted molar refractivity (Wildman–Crippen MR) is 577 cm³/mol. The SMILES string of the molecule is [Ir].[Ir].[c-]1ccc(-c2nc(-c3cccc(-c4cc(-c5ccccc5)cc(-c5ccccc5)c4)c3)nc(-c3cccc(-c4cc(-c5ccccc5)cc(-c5ccccc5)c4)c3)n2)cc1-c1cc2ccccc2cn1.[c-]1ccc(-c2nc(-c3cccc(-c4cc(-c5ccccc5)cc(-c5ccccc5)c4)c3)nc(-c3cccc(-c4cc(-c5ccccc5)cc(-c5ccccc5)c4)c3)n2)cc1-c1cc2ccccc2cn1. The van der Waals surface area contributed by atoms with Gasteiger partial charge in [-0.1, -0.05) is 387 Å².